The number of halogens is 1. The number of carbonyl (C=O) groups is 2. The van der Waals surface area contributed by atoms with Crippen LogP contribution in [0.4, 0.5) is 10.1 Å². The Morgan fingerprint density at radius 1 is 1.53 bits per heavy atom. The topological polar surface area (TPSA) is 66.4 Å². The van der Waals surface area contributed by atoms with Crippen molar-refractivity contribution < 1.29 is 19.1 Å². The molecule has 0 saturated heterocycles. The highest BCUT2D eigenvalue weighted by Gasteiger charge is 2.26. The largest absolute Gasteiger partial charge is 0.481 e. The van der Waals surface area contributed by atoms with E-state index in [1.165, 1.54) is 12.1 Å². The Kier molecular flexibility index (Phi) is 3.08. The average molecular weight is 237 g/mol. The molecule has 1 heterocycles. The first-order valence-corrected chi connectivity index (χ1v) is 5.37. The number of rotatable bonds is 3. The van der Waals surface area contributed by atoms with Crippen LogP contribution in [0.3, 0.4) is 0 Å². The van der Waals surface area contributed by atoms with Crippen LogP contribution < -0.4 is 5.32 Å². The second-order valence-corrected chi connectivity index (χ2v) is 4.12. The van der Waals surface area contributed by atoms with Crippen LogP contribution in [0.25, 0.3) is 0 Å². The van der Waals surface area contributed by atoms with Gasteiger partial charge >= 0.3 is 5.97 Å². The van der Waals surface area contributed by atoms with Gasteiger partial charge in [-0.3, -0.25) is 9.59 Å². The fraction of sp³-hybridized carbons (Fsp3) is 0.333. The van der Waals surface area contributed by atoms with Gasteiger partial charge in [0.15, 0.2) is 0 Å². The van der Waals surface area contributed by atoms with Crippen LogP contribution >= 0.6 is 0 Å². The van der Waals surface area contributed by atoms with Gasteiger partial charge in [0.05, 0.1) is 0 Å². The number of amides is 1. The maximum absolute atomic E-state index is 12.9. The minimum absolute atomic E-state index is 0.0331. The van der Waals surface area contributed by atoms with Gasteiger partial charge in [-0.15, -0.1) is 0 Å². The van der Waals surface area contributed by atoms with E-state index in [0.29, 0.717) is 18.5 Å². The van der Waals surface area contributed by atoms with Crippen molar-refractivity contribution in [3.05, 3.63) is 29.6 Å². The summed E-state index contributed by atoms with van der Waals surface area (Å²) in [6.45, 7) is 0. The number of nitrogens with one attached hydrogen (secondary N) is 1. The van der Waals surface area contributed by atoms with Gasteiger partial charge in [0.2, 0.25) is 5.91 Å². The molecule has 2 rings (SSSR count). The molecule has 1 aromatic rings. The Labute approximate surface area is 97.4 Å². The monoisotopic (exact) mass is 237 g/mol. The smallest absolute Gasteiger partial charge is 0.303 e. The zero-order chi connectivity index (χ0) is 12.4. The van der Waals surface area contributed by atoms with E-state index in [1.807, 2.05) is 0 Å². The van der Waals surface area contributed by atoms with Crippen molar-refractivity contribution in [1.82, 2.24) is 0 Å². The predicted octanol–water partition coefficient (Wildman–Crippen LogP) is 1.80. The number of fused-ring (bicyclic) bond motifs is 1. The first-order valence-electron chi connectivity index (χ1n) is 5.37. The van der Waals surface area contributed by atoms with Crippen LogP contribution in [0.2, 0.25) is 0 Å². The molecule has 1 aliphatic rings. The summed E-state index contributed by atoms with van der Waals surface area (Å²) in [6, 6.07) is 4.24. The molecule has 0 fully saturated rings. The molecule has 0 bridgehead atoms. The molecule has 17 heavy (non-hydrogen) atoms. The fourth-order valence-corrected chi connectivity index (χ4v) is 1.97. The highest BCUT2D eigenvalue weighted by atomic mass is 19.1. The summed E-state index contributed by atoms with van der Waals surface area (Å²) in [5.74, 6) is -1.89. The standard InChI is InChI=1S/C12H12FNO3/c13-9-3-1-7-5-8(2-4-11(15)16)12(17)14-10(7)6-9/h1,3,6,8H,2,4-5H2,(H,14,17)(H,15,16). The highest BCUT2D eigenvalue weighted by Crippen LogP contribution is 2.28. The molecule has 1 aliphatic heterocycles. The van der Waals surface area contributed by atoms with Crippen molar-refractivity contribution in [2.75, 3.05) is 5.32 Å². The van der Waals surface area contributed by atoms with E-state index in [1.54, 1.807) is 6.07 Å². The van der Waals surface area contributed by atoms with Gasteiger partial charge in [-0.1, -0.05) is 6.07 Å². The lowest BCUT2D eigenvalue weighted by atomic mass is 9.90. The van der Waals surface area contributed by atoms with Crippen LogP contribution in [0.15, 0.2) is 18.2 Å². The summed E-state index contributed by atoms with van der Waals surface area (Å²) in [5, 5.41) is 11.2. The van der Waals surface area contributed by atoms with Crippen molar-refractivity contribution in [3.63, 3.8) is 0 Å². The molecule has 4 nitrogen and oxygen atoms in total. The molecule has 90 valence electrons. The lowest BCUT2D eigenvalue weighted by molar-refractivity contribution is -0.137. The number of carboxylic acid groups (broad SMARTS) is 1. The molecule has 0 spiro atoms. The van der Waals surface area contributed by atoms with Crippen LogP contribution in [0, 0.1) is 11.7 Å². The molecule has 0 aliphatic carbocycles. The number of hydrogen-bond donors (Lipinski definition) is 2. The highest BCUT2D eigenvalue weighted by molar-refractivity contribution is 5.95. The summed E-state index contributed by atoms with van der Waals surface area (Å²) in [5.41, 5.74) is 1.34. The molecule has 1 amide bonds. The van der Waals surface area contributed by atoms with Crippen LogP contribution in [-0.2, 0) is 16.0 Å². The van der Waals surface area contributed by atoms with E-state index in [2.05, 4.69) is 5.32 Å². The van der Waals surface area contributed by atoms with Gasteiger partial charge < -0.3 is 10.4 Å². The molecule has 0 saturated carbocycles. The van der Waals surface area contributed by atoms with Gasteiger partial charge in [0.1, 0.15) is 5.82 Å². The Morgan fingerprint density at radius 2 is 2.29 bits per heavy atom. The van der Waals surface area contributed by atoms with Gasteiger partial charge in [-0.05, 0) is 30.5 Å². The Hall–Kier alpha value is -1.91. The first-order chi connectivity index (χ1) is 8.06. The van der Waals surface area contributed by atoms with Crippen LogP contribution in [0.5, 0.6) is 0 Å². The van der Waals surface area contributed by atoms with Crippen molar-refractivity contribution in [3.8, 4) is 0 Å². The molecule has 1 aromatic carbocycles. The fourth-order valence-electron chi connectivity index (χ4n) is 1.97. The molecule has 0 aromatic heterocycles. The molecule has 5 heteroatoms. The van der Waals surface area contributed by atoms with Gasteiger partial charge in [-0.25, -0.2) is 4.39 Å². The second kappa shape index (κ2) is 4.53. The summed E-state index contributed by atoms with van der Waals surface area (Å²) in [7, 11) is 0. The molecule has 0 radical (unpaired) electrons. The van der Waals surface area contributed by atoms with E-state index in [4.69, 9.17) is 5.11 Å². The maximum atomic E-state index is 12.9. The van der Waals surface area contributed by atoms with Crippen molar-refractivity contribution in [2.24, 2.45) is 5.92 Å². The van der Waals surface area contributed by atoms with Crippen molar-refractivity contribution in [1.29, 1.82) is 0 Å². The number of hydrogen-bond acceptors (Lipinski definition) is 2. The lowest BCUT2D eigenvalue weighted by Gasteiger charge is -2.24. The average Bonchev–Trinajstić information content (AvgIpc) is 2.26. The third kappa shape index (κ3) is 2.61. The quantitative estimate of drug-likeness (QED) is 0.842. The minimum Gasteiger partial charge on any atom is -0.481 e. The van der Waals surface area contributed by atoms with E-state index in [-0.39, 0.29) is 18.2 Å². The maximum Gasteiger partial charge on any atom is 0.303 e. The SMILES string of the molecule is O=C(O)CCC1Cc2ccc(F)cc2NC1=O. The lowest BCUT2D eigenvalue weighted by Crippen LogP contribution is -2.30. The van der Waals surface area contributed by atoms with Crippen LogP contribution in [-0.4, -0.2) is 17.0 Å². The number of carbonyl (C=O) groups excluding carboxylic acids is 1. The predicted molar refractivity (Wildman–Crippen MR) is 59.1 cm³/mol. The summed E-state index contributed by atoms with van der Waals surface area (Å²) in [6.07, 6.45) is 0.737. The third-order valence-corrected chi connectivity index (χ3v) is 2.87. The number of aliphatic carboxylic acids is 1. The van der Waals surface area contributed by atoms with Gasteiger partial charge in [0.25, 0.3) is 0 Å². The van der Waals surface area contributed by atoms with Crippen LogP contribution in [0.1, 0.15) is 18.4 Å². The first kappa shape index (κ1) is 11.6. The molecular weight excluding hydrogens is 225 g/mol. The molecule has 1 atom stereocenters. The van der Waals surface area contributed by atoms with Gasteiger partial charge in [-0.2, -0.15) is 0 Å². The van der Waals surface area contributed by atoms with E-state index >= 15 is 0 Å². The summed E-state index contributed by atoms with van der Waals surface area (Å²) >= 11 is 0. The zero-order valence-electron chi connectivity index (χ0n) is 9.07. The number of benzene rings is 1. The number of anilines is 1. The minimum atomic E-state index is -0.914. The second-order valence-electron chi connectivity index (χ2n) is 4.12. The van der Waals surface area contributed by atoms with E-state index in [9.17, 15) is 14.0 Å². The Balaban J connectivity index is 2.13. The molecular formula is C12H12FNO3. The zero-order valence-corrected chi connectivity index (χ0v) is 9.07. The molecule has 2 N–H and O–H groups in total. The van der Waals surface area contributed by atoms with E-state index in [0.717, 1.165) is 5.56 Å². The third-order valence-electron chi connectivity index (χ3n) is 2.87. The Bertz CT molecular complexity index is 473. The normalized spacial score (nSPS) is 18.4. The van der Waals surface area contributed by atoms with Gasteiger partial charge in [0, 0.05) is 18.0 Å². The Morgan fingerprint density at radius 3 is 3.00 bits per heavy atom. The number of carboxylic acids is 1. The van der Waals surface area contributed by atoms with Crippen molar-refractivity contribution in [2.45, 2.75) is 19.3 Å². The summed E-state index contributed by atoms with van der Waals surface area (Å²) in [4.78, 5) is 22.1. The van der Waals surface area contributed by atoms with E-state index < -0.39 is 11.8 Å². The van der Waals surface area contributed by atoms with Crippen molar-refractivity contribution >= 4 is 17.6 Å². The molecule has 1 unspecified atom stereocenters. The summed E-state index contributed by atoms with van der Waals surface area (Å²) < 4.78 is 12.9.